The van der Waals surface area contributed by atoms with Gasteiger partial charge in [0.25, 0.3) is 0 Å². The van der Waals surface area contributed by atoms with Gasteiger partial charge in [0.15, 0.2) is 0 Å². The number of nitrogens with one attached hydrogen (secondary N) is 2. The molecule has 0 radical (unpaired) electrons. The smallest absolute Gasteiger partial charge is 0.227 e. The number of amides is 1. The van der Waals surface area contributed by atoms with E-state index in [-0.39, 0.29) is 12.5 Å². The topological polar surface area (TPSA) is 61.4 Å². The third-order valence-electron chi connectivity index (χ3n) is 4.52. The molecule has 4 heteroatoms. The molecular weight excluding hydrogens is 252 g/mol. The molecule has 0 aromatic carbocycles. The molecule has 0 spiro atoms. The molecule has 20 heavy (non-hydrogen) atoms. The van der Waals surface area contributed by atoms with Crippen LogP contribution in [0.15, 0.2) is 0 Å². The molecule has 0 heterocycles. The van der Waals surface area contributed by atoms with E-state index in [4.69, 9.17) is 5.11 Å². The van der Waals surface area contributed by atoms with Gasteiger partial charge in [0.05, 0.1) is 12.0 Å². The first kappa shape index (κ1) is 17.4. The Morgan fingerprint density at radius 2 is 1.85 bits per heavy atom. The first-order valence-corrected chi connectivity index (χ1v) is 7.99. The molecule has 4 nitrogen and oxygen atoms in total. The van der Waals surface area contributed by atoms with Gasteiger partial charge >= 0.3 is 0 Å². The Morgan fingerprint density at radius 3 is 2.35 bits per heavy atom. The molecule has 1 aliphatic rings. The van der Waals surface area contributed by atoms with Crippen molar-refractivity contribution in [3.63, 3.8) is 0 Å². The minimum absolute atomic E-state index is 0.108. The van der Waals surface area contributed by atoms with Crippen LogP contribution >= 0.6 is 0 Å². The highest BCUT2D eigenvalue weighted by molar-refractivity contribution is 5.82. The molecule has 0 bridgehead atoms. The van der Waals surface area contributed by atoms with Gasteiger partial charge in [-0.3, -0.25) is 4.79 Å². The summed E-state index contributed by atoms with van der Waals surface area (Å²) in [6.45, 7) is 9.73. The zero-order valence-electron chi connectivity index (χ0n) is 13.5. The summed E-state index contributed by atoms with van der Waals surface area (Å²) in [4.78, 5) is 12.3. The van der Waals surface area contributed by atoms with Crippen molar-refractivity contribution in [3.05, 3.63) is 0 Å². The Morgan fingerprint density at radius 1 is 1.25 bits per heavy atom. The minimum atomic E-state index is -0.427. The minimum Gasteiger partial charge on any atom is -0.395 e. The van der Waals surface area contributed by atoms with Crippen molar-refractivity contribution in [2.75, 3.05) is 19.7 Å². The number of carbonyl (C=O) groups excluding carboxylic acids is 1. The SMILES string of the molecule is CC(C)[C@H]1CC[C@H](NC(=O)C(C)(C)CNCCO)CC1. The van der Waals surface area contributed by atoms with Gasteiger partial charge in [0, 0.05) is 19.1 Å². The monoisotopic (exact) mass is 284 g/mol. The van der Waals surface area contributed by atoms with Crippen molar-refractivity contribution in [2.45, 2.75) is 59.4 Å². The lowest BCUT2D eigenvalue weighted by Gasteiger charge is -2.33. The number of aliphatic hydroxyl groups excluding tert-OH is 1. The summed E-state index contributed by atoms with van der Waals surface area (Å²) in [5, 5.41) is 15.1. The number of rotatable bonds is 7. The lowest BCUT2D eigenvalue weighted by molar-refractivity contribution is -0.130. The Bertz CT molecular complexity index is 295. The van der Waals surface area contributed by atoms with Crippen LogP contribution in [0.25, 0.3) is 0 Å². The van der Waals surface area contributed by atoms with Crippen molar-refractivity contribution < 1.29 is 9.90 Å². The first-order valence-electron chi connectivity index (χ1n) is 7.99. The van der Waals surface area contributed by atoms with Gasteiger partial charge in [-0.05, 0) is 51.4 Å². The summed E-state index contributed by atoms with van der Waals surface area (Å²) in [6, 6.07) is 0.342. The zero-order chi connectivity index (χ0) is 15.2. The lowest BCUT2D eigenvalue weighted by Crippen LogP contribution is -2.48. The van der Waals surface area contributed by atoms with Gasteiger partial charge in [-0.2, -0.15) is 0 Å². The third kappa shape index (κ3) is 5.41. The van der Waals surface area contributed by atoms with Crippen molar-refractivity contribution >= 4 is 5.91 Å². The predicted molar refractivity (Wildman–Crippen MR) is 82.5 cm³/mol. The van der Waals surface area contributed by atoms with Crippen molar-refractivity contribution in [1.29, 1.82) is 0 Å². The number of hydrogen-bond acceptors (Lipinski definition) is 3. The Labute approximate surface area is 123 Å². The fourth-order valence-electron chi connectivity index (χ4n) is 2.87. The van der Waals surface area contributed by atoms with Gasteiger partial charge in [0.1, 0.15) is 0 Å². The number of hydrogen-bond donors (Lipinski definition) is 3. The van der Waals surface area contributed by atoms with E-state index in [1.807, 2.05) is 13.8 Å². The van der Waals surface area contributed by atoms with Gasteiger partial charge in [-0.1, -0.05) is 13.8 Å². The van der Waals surface area contributed by atoms with Crippen molar-refractivity contribution in [1.82, 2.24) is 10.6 Å². The molecule has 1 rings (SSSR count). The average Bonchev–Trinajstić information content (AvgIpc) is 2.39. The van der Waals surface area contributed by atoms with E-state index in [0.717, 1.165) is 24.7 Å². The third-order valence-corrected chi connectivity index (χ3v) is 4.52. The van der Waals surface area contributed by atoms with Crippen molar-refractivity contribution in [3.8, 4) is 0 Å². The van der Waals surface area contributed by atoms with Crippen LogP contribution in [0.4, 0.5) is 0 Å². The number of carbonyl (C=O) groups is 1. The zero-order valence-corrected chi connectivity index (χ0v) is 13.5. The first-order chi connectivity index (χ1) is 9.36. The van der Waals surface area contributed by atoms with Crippen LogP contribution < -0.4 is 10.6 Å². The highest BCUT2D eigenvalue weighted by atomic mass is 16.3. The molecule has 1 amide bonds. The summed E-state index contributed by atoms with van der Waals surface area (Å²) < 4.78 is 0. The standard InChI is InChI=1S/C16H32N2O2/c1-12(2)13-5-7-14(8-6-13)18-15(20)16(3,4)11-17-9-10-19/h12-14,17,19H,5-11H2,1-4H3,(H,18,20)/t13-,14-. The molecule has 3 N–H and O–H groups in total. The quantitative estimate of drug-likeness (QED) is 0.626. The van der Waals surface area contributed by atoms with E-state index in [1.165, 1.54) is 12.8 Å². The van der Waals surface area contributed by atoms with E-state index in [1.54, 1.807) is 0 Å². The molecule has 0 saturated heterocycles. The molecular formula is C16H32N2O2. The lowest BCUT2D eigenvalue weighted by atomic mass is 9.79. The Hall–Kier alpha value is -0.610. The highest BCUT2D eigenvalue weighted by Gasteiger charge is 2.30. The molecule has 118 valence electrons. The predicted octanol–water partition coefficient (Wildman–Crippen LogP) is 1.93. The molecule has 1 aliphatic carbocycles. The summed E-state index contributed by atoms with van der Waals surface area (Å²) >= 11 is 0. The second-order valence-corrected chi connectivity index (χ2v) is 7.11. The maximum absolute atomic E-state index is 12.3. The molecule has 0 aromatic rings. The van der Waals surface area contributed by atoms with Crippen LogP contribution in [-0.4, -0.2) is 36.8 Å². The molecule has 1 saturated carbocycles. The molecule has 1 fully saturated rings. The van der Waals surface area contributed by atoms with Crippen LogP contribution in [0.5, 0.6) is 0 Å². The van der Waals surface area contributed by atoms with Crippen LogP contribution in [0, 0.1) is 17.3 Å². The summed E-state index contributed by atoms with van der Waals surface area (Å²) in [5.74, 6) is 1.70. The second-order valence-electron chi connectivity index (χ2n) is 7.11. The normalized spacial score (nSPS) is 23.9. The highest BCUT2D eigenvalue weighted by Crippen LogP contribution is 2.30. The van der Waals surface area contributed by atoms with Crippen molar-refractivity contribution in [2.24, 2.45) is 17.3 Å². The van der Waals surface area contributed by atoms with Crippen LogP contribution in [-0.2, 0) is 4.79 Å². The van der Waals surface area contributed by atoms with E-state index >= 15 is 0 Å². The van der Waals surface area contributed by atoms with Gasteiger partial charge in [0.2, 0.25) is 5.91 Å². The summed E-state index contributed by atoms with van der Waals surface area (Å²) in [7, 11) is 0. The van der Waals surface area contributed by atoms with Crippen LogP contribution in [0.3, 0.4) is 0 Å². The van der Waals surface area contributed by atoms with E-state index in [0.29, 0.717) is 19.1 Å². The van der Waals surface area contributed by atoms with Gasteiger partial charge in [-0.25, -0.2) is 0 Å². The number of aliphatic hydroxyl groups is 1. The van der Waals surface area contributed by atoms with Crippen LogP contribution in [0.2, 0.25) is 0 Å². The Kier molecular flexibility index (Phi) is 6.96. The van der Waals surface area contributed by atoms with E-state index in [2.05, 4.69) is 24.5 Å². The maximum atomic E-state index is 12.3. The molecule has 0 aliphatic heterocycles. The molecule has 0 aromatic heterocycles. The van der Waals surface area contributed by atoms with Gasteiger partial charge < -0.3 is 15.7 Å². The summed E-state index contributed by atoms with van der Waals surface area (Å²) in [5.41, 5.74) is -0.427. The fourth-order valence-corrected chi connectivity index (χ4v) is 2.87. The second kappa shape index (κ2) is 7.99. The van der Waals surface area contributed by atoms with Crippen LogP contribution in [0.1, 0.15) is 53.4 Å². The largest absolute Gasteiger partial charge is 0.395 e. The average molecular weight is 284 g/mol. The summed E-state index contributed by atoms with van der Waals surface area (Å²) in [6.07, 6.45) is 4.67. The Balaban J connectivity index is 2.35. The fraction of sp³-hybridized carbons (Fsp3) is 0.938. The molecule has 0 atom stereocenters. The van der Waals surface area contributed by atoms with Gasteiger partial charge in [-0.15, -0.1) is 0 Å². The maximum Gasteiger partial charge on any atom is 0.227 e. The molecule has 0 unspecified atom stereocenters. The van der Waals surface area contributed by atoms with E-state index < -0.39 is 5.41 Å². The van der Waals surface area contributed by atoms with E-state index in [9.17, 15) is 4.79 Å².